The molecule has 1 unspecified atom stereocenters. The highest BCUT2D eigenvalue weighted by Crippen LogP contribution is 2.34. The average Bonchev–Trinajstić information content (AvgIpc) is 3.47. The zero-order valence-corrected chi connectivity index (χ0v) is 18.1. The molecule has 0 radical (unpaired) electrons. The van der Waals surface area contributed by atoms with Crippen molar-refractivity contribution >= 4 is 27.4 Å². The number of amides is 2. The number of sulfone groups is 1. The molecule has 1 aliphatic carbocycles. The number of carbonyl (C=O) groups excluding carboxylic acids is 1. The summed E-state index contributed by atoms with van der Waals surface area (Å²) in [6, 6.07) is 7.45. The van der Waals surface area contributed by atoms with Gasteiger partial charge in [0.1, 0.15) is 5.82 Å². The zero-order valence-electron chi connectivity index (χ0n) is 17.3. The van der Waals surface area contributed by atoms with Crippen molar-refractivity contribution < 1.29 is 17.9 Å². The van der Waals surface area contributed by atoms with Gasteiger partial charge in [-0.2, -0.15) is 0 Å². The van der Waals surface area contributed by atoms with Gasteiger partial charge in [-0.15, -0.1) is 0 Å². The van der Waals surface area contributed by atoms with Crippen LogP contribution in [0.2, 0.25) is 0 Å². The van der Waals surface area contributed by atoms with Crippen LogP contribution in [0.5, 0.6) is 0 Å². The third-order valence-corrected chi connectivity index (χ3v) is 7.19. The Bertz CT molecular complexity index is 1120. The highest BCUT2D eigenvalue weighted by atomic mass is 32.2. The molecule has 31 heavy (non-hydrogen) atoms. The molecular formula is C21H25N5O4S. The topological polar surface area (TPSA) is 114 Å². The summed E-state index contributed by atoms with van der Waals surface area (Å²) in [5.74, 6) is 1.08. The van der Waals surface area contributed by atoms with E-state index in [0.717, 1.165) is 18.4 Å². The average molecular weight is 444 g/mol. The number of nitrogens with zero attached hydrogens (tertiary/aromatic N) is 3. The molecule has 0 spiro atoms. The van der Waals surface area contributed by atoms with Crippen LogP contribution in [-0.4, -0.2) is 56.3 Å². The minimum absolute atomic E-state index is 0.0268. The number of fused-ring (bicyclic) bond motifs is 1. The molecular weight excluding hydrogens is 418 g/mol. The maximum Gasteiger partial charge on any atom is 0.319 e. The van der Waals surface area contributed by atoms with E-state index in [-0.39, 0.29) is 29.6 Å². The van der Waals surface area contributed by atoms with Crippen LogP contribution in [0, 0.1) is 0 Å². The Kier molecular flexibility index (Phi) is 5.05. The summed E-state index contributed by atoms with van der Waals surface area (Å²) in [5.41, 5.74) is 2.72. The van der Waals surface area contributed by atoms with Gasteiger partial charge < -0.3 is 20.3 Å². The molecule has 2 aromatic rings. The number of hydrogen-bond acceptors (Lipinski definition) is 7. The van der Waals surface area contributed by atoms with Gasteiger partial charge >= 0.3 is 6.03 Å². The van der Waals surface area contributed by atoms with E-state index in [1.54, 1.807) is 12.1 Å². The van der Waals surface area contributed by atoms with Gasteiger partial charge in [0.05, 0.1) is 36.5 Å². The van der Waals surface area contributed by atoms with E-state index < -0.39 is 9.84 Å². The fourth-order valence-electron chi connectivity index (χ4n) is 3.96. The molecule has 1 aromatic carbocycles. The molecule has 5 rings (SSSR count). The van der Waals surface area contributed by atoms with E-state index in [1.807, 2.05) is 19.1 Å². The SMILES string of the molecule is CC1COCCN1c1nc(-c2ccc(NC(=O)NC3CC3)cc2)nc2c1CS(=O)(=O)C2. The van der Waals surface area contributed by atoms with E-state index in [9.17, 15) is 13.2 Å². The van der Waals surface area contributed by atoms with E-state index in [0.29, 0.717) is 48.3 Å². The van der Waals surface area contributed by atoms with Gasteiger partial charge in [-0.05, 0) is 44.0 Å². The fraction of sp³-hybridized carbons (Fsp3) is 0.476. The largest absolute Gasteiger partial charge is 0.377 e. The van der Waals surface area contributed by atoms with Crippen LogP contribution in [-0.2, 0) is 26.1 Å². The highest BCUT2D eigenvalue weighted by molar-refractivity contribution is 7.90. The number of carbonyl (C=O) groups is 1. The molecule has 1 aromatic heterocycles. The standard InChI is InChI=1S/C21H25N5O4S/c1-13-10-30-9-8-26(13)20-17-11-31(28,29)12-18(17)24-19(25-20)14-2-4-15(5-3-14)22-21(27)23-16-6-7-16/h2-5,13,16H,6-12H2,1H3,(H2,22,23,27). The molecule has 9 nitrogen and oxygen atoms in total. The summed E-state index contributed by atoms with van der Waals surface area (Å²) >= 11 is 0. The number of urea groups is 1. The number of benzene rings is 1. The van der Waals surface area contributed by atoms with Crippen LogP contribution in [0.25, 0.3) is 11.4 Å². The maximum absolute atomic E-state index is 12.3. The third-order valence-electron chi connectivity index (χ3n) is 5.75. The lowest BCUT2D eigenvalue weighted by molar-refractivity contribution is 0.0984. The number of morpholine rings is 1. The zero-order chi connectivity index (χ0) is 21.6. The first-order chi connectivity index (χ1) is 14.9. The summed E-state index contributed by atoms with van der Waals surface area (Å²) in [4.78, 5) is 23.4. The third kappa shape index (κ3) is 4.35. The summed E-state index contributed by atoms with van der Waals surface area (Å²) < 4.78 is 30.2. The first kappa shape index (κ1) is 20.2. The van der Waals surface area contributed by atoms with Gasteiger partial charge in [-0.1, -0.05) is 0 Å². The number of anilines is 2. The molecule has 3 aliphatic rings. The maximum atomic E-state index is 12.3. The van der Waals surface area contributed by atoms with Crippen LogP contribution < -0.4 is 15.5 Å². The predicted octanol–water partition coefficient (Wildman–Crippen LogP) is 2.08. The minimum atomic E-state index is -3.22. The van der Waals surface area contributed by atoms with Crippen molar-refractivity contribution in [2.75, 3.05) is 30.0 Å². The smallest absolute Gasteiger partial charge is 0.319 e. The lowest BCUT2D eigenvalue weighted by Gasteiger charge is -2.35. The van der Waals surface area contributed by atoms with Crippen molar-refractivity contribution in [3.63, 3.8) is 0 Å². The van der Waals surface area contributed by atoms with Crippen molar-refractivity contribution in [1.82, 2.24) is 15.3 Å². The van der Waals surface area contributed by atoms with Gasteiger partial charge in [-0.3, -0.25) is 0 Å². The molecule has 1 saturated heterocycles. The molecule has 2 aliphatic heterocycles. The number of nitrogens with one attached hydrogen (secondary N) is 2. The second-order valence-corrected chi connectivity index (χ2v) is 10.5. The second kappa shape index (κ2) is 7.76. The van der Waals surface area contributed by atoms with Crippen molar-refractivity contribution in [3.8, 4) is 11.4 Å². The van der Waals surface area contributed by atoms with E-state index in [2.05, 4.69) is 20.5 Å². The molecule has 0 bridgehead atoms. The van der Waals surface area contributed by atoms with Gasteiger partial charge in [0, 0.05) is 29.4 Å². The lowest BCUT2D eigenvalue weighted by Crippen LogP contribution is -2.44. The Hall–Kier alpha value is -2.72. The van der Waals surface area contributed by atoms with E-state index in [1.165, 1.54) is 0 Å². The summed E-state index contributed by atoms with van der Waals surface area (Å²) in [6.07, 6.45) is 2.06. The van der Waals surface area contributed by atoms with E-state index >= 15 is 0 Å². The van der Waals surface area contributed by atoms with Gasteiger partial charge in [0.2, 0.25) is 0 Å². The molecule has 1 saturated carbocycles. The van der Waals surface area contributed by atoms with Crippen molar-refractivity contribution in [3.05, 3.63) is 35.5 Å². The van der Waals surface area contributed by atoms with Gasteiger partial charge in [-0.25, -0.2) is 23.2 Å². The summed E-state index contributed by atoms with van der Waals surface area (Å²) in [6.45, 7) is 3.85. The second-order valence-electron chi connectivity index (χ2n) is 8.40. The molecule has 1 atom stereocenters. The first-order valence-corrected chi connectivity index (χ1v) is 12.3. The highest BCUT2D eigenvalue weighted by Gasteiger charge is 2.34. The Morgan fingerprint density at radius 2 is 1.94 bits per heavy atom. The van der Waals surface area contributed by atoms with Gasteiger partial charge in [0.25, 0.3) is 0 Å². The molecule has 164 valence electrons. The van der Waals surface area contributed by atoms with E-state index in [4.69, 9.17) is 9.72 Å². The number of ether oxygens (including phenoxy) is 1. The van der Waals surface area contributed by atoms with Crippen molar-refractivity contribution in [1.29, 1.82) is 0 Å². The summed E-state index contributed by atoms with van der Waals surface area (Å²) in [5, 5.41) is 5.71. The molecule has 10 heteroatoms. The quantitative estimate of drug-likeness (QED) is 0.744. The monoisotopic (exact) mass is 443 g/mol. The van der Waals surface area contributed by atoms with Crippen LogP contribution in [0.1, 0.15) is 31.0 Å². The van der Waals surface area contributed by atoms with Crippen molar-refractivity contribution in [2.24, 2.45) is 0 Å². The van der Waals surface area contributed by atoms with Crippen LogP contribution in [0.3, 0.4) is 0 Å². The van der Waals surface area contributed by atoms with Crippen LogP contribution in [0.15, 0.2) is 24.3 Å². The Balaban J connectivity index is 1.45. The molecule has 3 heterocycles. The predicted molar refractivity (Wildman–Crippen MR) is 117 cm³/mol. The Morgan fingerprint density at radius 1 is 1.16 bits per heavy atom. The molecule has 2 fully saturated rings. The van der Waals surface area contributed by atoms with Gasteiger partial charge in [0.15, 0.2) is 15.7 Å². The number of aromatic nitrogens is 2. The Labute approximate surface area is 181 Å². The Morgan fingerprint density at radius 3 is 2.65 bits per heavy atom. The molecule has 2 amide bonds. The van der Waals surface area contributed by atoms with Crippen LogP contribution in [0.4, 0.5) is 16.3 Å². The number of rotatable bonds is 4. The normalized spacial score (nSPS) is 22.1. The first-order valence-electron chi connectivity index (χ1n) is 10.5. The van der Waals surface area contributed by atoms with Crippen molar-refractivity contribution in [2.45, 2.75) is 43.4 Å². The number of hydrogen-bond donors (Lipinski definition) is 2. The lowest BCUT2D eigenvalue weighted by atomic mass is 10.1. The minimum Gasteiger partial charge on any atom is -0.377 e. The molecule has 2 N–H and O–H groups in total. The fourth-order valence-corrected chi connectivity index (χ4v) is 5.45. The van der Waals surface area contributed by atoms with Crippen LogP contribution >= 0.6 is 0 Å². The summed E-state index contributed by atoms with van der Waals surface area (Å²) in [7, 11) is -3.22.